The first-order chi connectivity index (χ1) is 5.84. The van der Waals surface area contributed by atoms with Gasteiger partial charge < -0.3 is 0 Å². The largest absolute Gasteiger partial charge is 0.246 e. The molecule has 1 aromatic heterocycles. The van der Waals surface area contributed by atoms with E-state index in [0.29, 0.717) is 23.0 Å². The molecule has 0 atom stereocenters. The van der Waals surface area contributed by atoms with Crippen molar-refractivity contribution in [3.8, 4) is 11.8 Å². The van der Waals surface area contributed by atoms with Gasteiger partial charge in [0.2, 0.25) is 0 Å². The zero-order chi connectivity index (χ0) is 8.81. The Balaban J connectivity index is 2.77. The van der Waals surface area contributed by atoms with Crippen LogP contribution in [0.5, 0.6) is 0 Å². The molecule has 0 spiro atoms. The molecule has 0 aliphatic rings. The summed E-state index contributed by atoms with van der Waals surface area (Å²) in [4.78, 5) is 4.00. The van der Waals surface area contributed by atoms with Crippen molar-refractivity contribution in [1.29, 1.82) is 0 Å². The number of aromatic nitrogens is 1. The molecule has 0 aliphatic carbocycles. The molecule has 1 rings (SSSR count). The van der Waals surface area contributed by atoms with Crippen molar-refractivity contribution < 1.29 is 0 Å². The maximum absolute atomic E-state index is 5.81. The first-order valence-electron chi connectivity index (χ1n) is 3.50. The molecule has 0 saturated carbocycles. The van der Waals surface area contributed by atoms with Crippen LogP contribution in [0.4, 0.5) is 0 Å². The van der Waals surface area contributed by atoms with Gasteiger partial charge in [-0.05, 0) is 18.1 Å². The van der Waals surface area contributed by atoms with E-state index in [4.69, 9.17) is 23.2 Å². The van der Waals surface area contributed by atoms with Crippen molar-refractivity contribution in [2.75, 3.05) is 5.88 Å². The first-order valence-corrected chi connectivity index (χ1v) is 4.41. The molecular formula is C9H7Cl2N. The van der Waals surface area contributed by atoms with E-state index in [9.17, 15) is 0 Å². The van der Waals surface area contributed by atoms with Crippen LogP contribution < -0.4 is 0 Å². The smallest absolute Gasteiger partial charge is 0.131 e. The third-order valence-corrected chi connectivity index (χ3v) is 1.68. The average Bonchev–Trinajstić information content (AvgIpc) is 2.09. The van der Waals surface area contributed by atoms with Crippen molar-refractivity contribution in [3.63, 3.8) is 0 Å². The third-order valence-electron chi connectivity index (χ3n) is 1.18. The maximum atomic E-state index is 5.81. The van der Waals surface area contributed by atoms with Gasteiger partial charge in [0.25, 0.3) is 0 Å². The van der Waals surface area contributed by atoms with Crippen molar-refractivity contribution in [2.45, 2.75) is 6.42 Å². The Morgan fingerprint density at radius 2 is 2.33 bits per heavy atom. The number of hydrogen-bond donors (Lipinski definition) is 0. The molecule has 3 heteroatoms. The molecule has 0 unspecified atom stereocenters. The second-order valence-corrected chi connectivity index (χ2v) is 2.86. The highest BCUT2D eigenvalue weighted by Gasteiger charge is 1.93. The van der Waals surface area contributed by atoms with E-state index in [0.717, 1.165) is 0 Å². The Morgan fingerprint density at radius 3 is 3.00 bits per heavy atom. The van der Waals surface area contributed by atoms with Crippen LogP contribution in [0.2, 0.25) is 5.02 Å². The SMILES string of the molecule is ClCCC#Cc1ncccc1Cl. The number of pyridine rings is 1. The molecule has 0 aromatic carbocycles. The monoisotopic (exact) mass is 199 g/mol. The third kappa shape index (κ3) is 2.73. The molecule has 1 nitrogen and oxygen atoms in total. The van der Waals surface area contributed by atoms with E-state index in [1.165, 1.54) is 0 Å². The minimum absolute atomic E-state index is 0.539. The van der Waals surface area contributed by atoms with Gasteiger partial charge in [0.05, 0.1) is 5.02 Å². The fraction of sp³-hybridized carbons (Fsp3) is 0.222. The zero-order valence-electron chi connectivity index (χ0n) is 6.35. The molecule has 0 bridgehead atoms. The van der Waals surface area contributed by atoms with Gasteiger partial charge in [0, 0.05) is 18.5 Å². The quantitative estimate of drug-likeness (QED) is 0.501. The highest BCUT2D eigenvalue weighted by atomic mass is 35.5. The summed E-state index contributed by atoms with van der Waals surface area (Å²) in [5, 5.41) is 0.583. The summed E-state index contributed by atoms with van der Waals surface area (Å²) in [6, 6.07) is 3.54. The fourth-order valence-electron chi connectivity index (χ4n) is 0.671. The Hall–Kier alpha value is -0.710. The molecule has 0 saturated heterocycles. The van der Waals surface area contributed by atoms with Gasteiger partial charge in [-0.15, -0.1) is 11.6 Å². The molecule has 0 aliphatic heterocycles. The molecule has 1 aromatic rings. The summed E-state index contributed by atoms with van der Waals surface area (Å²) in [6.07, 6.45) is 2.32. The topological polar surface area (TPSA) is 12.9 Å². The van der Waals surface area contributed by atoms with E-state index >= 15 is 0 Å². The predicted molar refractivity (Wildman–Crippen MR) is 51.5 cm³/mol. The van der Waals surface area contributed by atoms with Gasteiger partial charge in [-0.3, -0.25) is 0 Å². The summed E-state index contributed by atoms with van der Waals surface area (Å²) >= 11 is 11.3. The normalized spacial score (nSPS) is 8.83. The second kappa shape index (κ2) is 5.03. The first kappa shape index (κ1) is 9.38. The highest BCUT2D eigenvalue weighted by molar-refractivity contribution is 6.31. The van der Waals surface area contributed by atoms with Crippen LogP contribution in [-0.4, -0.2) is 10.9 Å². The standard InChI is InChI=1S/C9H7Cl2N/c10-6-2-1-5-9-8(11)4-3-7-12-9/h3-4,7H,2,6H2. The zero-order valence-corrected chi connectivity index (χ0v) is 7.86. The lowest BCUT2D eigenvalue weighted by molar-refractivity contribution is 1.26. The van der Waals surface area contributed by atoms with Crippen molar-refractivity contribution in [2.24, 2.45) is 0 Å². The molecule has 0 radical (unpaired) electrons. The van der Waals surface area contributed by atoms with Gasteiger partial charge in [0.15, 0.2) is 0 Å². The summed E-state index contributed by atoms with van der Waals surface area (Å²) in [5.74, 6) is 6.24. The number of nitrogens with zero attached hydrogens (tertiary/aromatic N) is 1. The van der Waals surface area contributed by atoms with Crippen LogP contribution in [0, 0.1) is 11.8 Å². The highest BCUT2D eigenvalue weighted by Crippen LogP contribution is 2.09. The van der Waals surface area contributed by atoms with Gasteiger partial charge in [-0.25, -0.2) is 4.98 Å². The van der Waals surface area contributed by atoms with Gasteiger partial charge in [0.1, 0.15) is 5.69 Å². The lowest BCUT2D eigenvalue weighted by Gasteiger charge is -1.90. The summed E-state index contributed by atoms with van der Waals surface area (Å²) in [6.45, 7) is 0. The van der Waals surface area contributed by atoms with Crippen LogP contribution >= 0.6 is 23.2 Å². The van der Waals surface area contributed by atoms with E-state index in [1.54, 1.807) is 18.3 Å². The molecule has 0 amide bonds. The van der Waals surface area contributed by atoms with Crippen molar-refractivity contribution in [3.05, 3.63) is 29.0 Å². The van der Waals surface area contributed by atoms with E-state index < -0.39 is 0 Å². The van der Waals surface area contributed by atoms with E-state index in [-0.39, 0.29) is 0 Å². The van der Waals surface area contributed by atoms with Crippen LogP contribution in [0.25, 0.3) is 0 Å². The maximum Gasteiger partial charge on any atom is 0.131 e. The van der Waals surface area contributed by atoms with Gasteiger partial charge >= 0.3 is 0 Å². The number of alkyl halides is 1. The minimum atomic E-state index is 0.539. The van der Waals surface area contributed by atoms with E-state index in [2.05, 4.69) is 16.8 Å². The number of halogens is 2. The molecule has 0 fully saturated rings. The van der Waals surface area contributed by atoms with Crippen molar-refractivity contribution in [1.82, 2.24) is 4.98 Å². The van der Waals surface area contributed by atoms with Gasteiger partial charge in [-0.1, -0.05) is 17.5 Å². The van der Waals surface area contributed by atoms with Crippen LogP contribution in [0.3, 0.4) is 0 Å². The molecular weight excluding hydrogens is 193 g/mol. The molecule has 62 valence electrons. The molecule has 0 N–H and O–H groups in total. The van der Waals surface area contributed by atoms with Gasteiger partial charge in [-0.2, -0.15) is 0 Å². The summed E-state index contributed by atoms with van der Waals surface area (Å²) in [7, 11) is 0. The lowest BCUT2D eigenvalue weighted by Crippen LogP contribution is -1.81. The van der Waals surface area contributed by atoms with E-state index in [1.807, 2.05) is 0 Å². The molecule has 1 heterocycles. The van der Waals surface area contributed by atoms with Crippen LogP contribution in [-0.2, 0) is 0 Å². The van der Waals surface area contributed by atoms with Crippen LogP contribution in [0.1, 0.15) is 12.1 Å². The minimum Gasteiger partial charge on any atom is -0.246 e. The summed E-state index contributed by atoms with van der Waals surface area (Å²) < 4.78 is 0. The Bertz CT molecular complexity index is 312. The number of rotatable bonds is 1. The Labute approximate surface area is 81.7 Å². The summed E-state index contributed by atoms with van der Waals surface area (Å²) in [5.41, 5.74) is 0.615. The fourth-order valence-corrected chi connectivity index (χ4v) is 0.934. The van der Waals surface area contributed by atoms with Crippen LogP contribution in [0.15, 0.2) is 18.3 Å². The average molecular weight is 200 g/mol. The number of hydrogen-bond acceptors (Lipinski definition) is 1. The second-order valence-electron chi connectivity index (χ2n) is 2.07. The predicted octanol–water partition coefficient (Wildman–Crippen LogP) is 2.72. The lowest BCUT2D eigenvalue weighted by atomic mass is 10.3. The Morgan fingerprint density at radius 1 is 1.50 bits per heavy atom. The van der Waals surface area contributed by atoms with Crippen molar-refractivity contribution >= 4 is 23.2 Å². The Kier molecular flexibility index (Phi) is 3.93. The molecule has 12 heavy (non-hydrogen) atoms.